The van der Waals surface area contributed by atoms with Gasteiger partial charge in [-0.3, -0.25) is 4.99 Å². The van der Waals surface area contributed by atoms with Crippen LogP contribution in [0, 0.1) is 20.8 Å². The van der Waals surface area contributed by atoms with Crippen molar-refractivity contribution in [3.05, 3.63) is 58.7 Å². The summed E-state index contributed by atoms with van der Waals surface area (Å²) in [5.41, 5.74) is 5.20. The Morgan fingerprint density at radius 3 is 2.32 bits per heavy atom. The lowest BCUT2D eigenvalue weighted by Crippen LogP contribution is -1.91. The van der Waals surface area contributed by atoms with Crippen LogP contribution in [0.4, 0.5) is 5.69 Å². The molecule has 19 heavy (non-hydrogen) atoms. The molecule has 0 aliphatic rings. The third kappa shape index (κ3) is 3.01. The van der Waals surface area contributed by atoms with Crippen LogP contribution in [0.3, 0.4) is 0 Å². The fourth-order valence-electron chi connectivity index (χ4n) is 2.18. The lowest BCUT2D eigenvalue weighted by atomic mass is 10.1. The summed E-state index contributed by atoms with van der Waals surface area (Å²) in [7, 11) is 0. The third-order valence-corrected chi connectivity index (χ3v) is 2.99. The van der Waals surface area contributed by atoms with E-state index in [0.29, 0.717) is 5.75 Å². The van der Waals surface area contributed by atoms with Crippen LogP contribution in [0.1, 0.15) is 22.3 Å². The van der Waals surface area contributed by atoms with Gasteiger partial charge in [-0.2, -0.15) is 0 Å². The van der Waals surface area contributed by atoms with Crippen molar-refractivity contribution in [1.82, 2.24) is 0 Å². The highest BCUT2D eigenvalue weighted by Gasteiger charge is 2.03. The summed E-state index contributed by atoms with van der Waals surface area (Å²) in [5, 5.41) is 8.80. The monoisotopic (exact) mass is 255 g/mol. The lowest BCUT2D eigenvalue weighted by Gasteiger charge is -2.06. The summed E-state index contributed by atoms with van der Waals surface area (Å²) in [6.07, 6.45) is 1.70. The Labute approximate surface area is 113 Å². The molecule has 0 spiro atoms. The second-order valence-electron chi connectivity index (χ2n) is 4.63. The fraction of sp³-hybridized carbons (Fsp3) is 0.188. The fourth-order valence-corrected chi connectivity index (χ4v) is 2.18. The van der Waals surface area contributed by atoms with Crippen LogP contribution in [-0.4, -0.2) is 11.5 Å². The van der Waals surface area contributed by atoms with Gasteiger partial charge in [0.15, 0.2) is 5.75 Å². The molecule has 0 aliphatic carbocycles. The number of para-hydroxylation sites is 1. The molecule has 2 rings (SSSR count). The number of rotatable bonds is 3. The van der Waals surface area contributed by atoms with Crippen molar-refractivity contribution < 1.29 is 10.1 Å². The molecular weight excluding hydrogens is 238 g/mol. The number of hydrogen-bond acceptors (Lipinski definition) is 3. The standard InChI is InChI=1S/C16H17NO2/c1-11-8-12(2)16(13(3)9-11)17-10-14-6-4-5-7-15(14)19-18/h4-10,18H,1-3H3. The summed E-state index contributed by atoms with van der Waals surface area (Å²) >= 11 is 0. The molecule has 3 heteroatoms. The van der Waals surface area contributed by atoms with Crippen molar-refractivity contribution in [2.45, 2.75) is 20.8 Å². The quantitative estimate of drug-likeness (QED) is 0.507. The Morgan fingerprint density at radius 2 is 1.68 bits per heavy atom. The van der Waals surface area contributed by atoms with E-state index in [-0.39, 0.29) is 0 Å². The zero-order valence-corrected chi connectivity index (χ0v) is 11.3. The smallest absolute Gasteiger partial charge is 0.173 e. The second kappa shape index (κ2) is 5.67. The zero-order valence-electron chi connectivity index (χ0n) is 11.3. The normalized spacial score (nSPS) is 10.9. The van der Waals surface area contributed by atoms with E-state index in [2.05, 4.69) is 28.9 Å². The summed E-state index contributed by atoms with van der Waals surface area (Å²) in [6, 6.07) is 11.4. The number of benzene rings is 2. The van der Waals surface area contributed by atoms with Crippen LogP contribution < -0.4 is 4.89 Å². The van der Waals surface area contributed by atoms with Crippen LogP contribution >= 0.6 is 0 Å². The van der Waals surface area contributed by atoms with Gasteiger partial charge in [0.25, 0.3) is 0 Å². The predicted octanol–water partition coefficient (Wildman–Crippen LogP) is 4.21. The average Bonchev–Trinajstić information content (AvgIpc) is 2.38. The number of nitrogens with zero attached hydrogens (tertiary/aromatic N) is 1. The molecule has 98 valence electrons. The highest BCUT2D eigenvalue weighted by Crippen LogP contribution is 2.25. The first-order chi connectivity index (χ1) is 9.11. The van der Waals surface area contributed by atoms with E-state index >= 15 is 0 Å². The van der Waals surface area contributed by atoms with Crippen molar-refractivity contribution >= 4 is 11.9 Å². The van der Waals surface area contributed by atoms with E-state index in [0.717, 1.165) is 22.4 Å². The Hall–Kier alpha value is -2.13. The van der Waals surface area contributed by atoms with Gasteiger partial charge < -0.3 is 4.89 Å². The Kier molecular flexibility index (Phi) is 3.97. The van der Waals surface area contributed by atoms with E-state index < -0.39 is 0 Å². The van der Waals surface area contributed by atoms with Crippen molar-refractivity contribution in [2.24, 2.45) is 4.99 Å². The van der Waals surface area contributed by atoms with Crippen LogP contribution in [0.15, 0.2) is 41.4 Å². The van der Waals surface area contributed by atoms with Crippen LogP contribution in [0.25, 0.3) is 0 Å². The molecule has 2 aromatic carbocycles. The number of hydrogen-bond donors (Lipinski definition) is 1. The maximum atomic E-state index is 8.80. The van der Waals surface area contributed by atoms with Gasteiger partial charge in [-0.25, -0.2) is 5.26 Å². The molecule has 0 unspecified atom stereocenters. The first-order valence-electron chi connectivity index (χ1n) is 6.14. The lowest BCUT2D eigenvalue weighted by molar-refractivity contribution is -0.137. The first kappa shape index (κ1) is 13.3. The molecule has 0 bridgehead atoms. The molecule has 0 heterocycles. The third-order valence-electron chi connectivity index (χ3n) is 2.99. The van der Waals surface area contributed by atoms with E-state index in [9.17, 15) is 0 Å². The Bertz CT molecular complexity index is 595. The summed E-state index contributed by atoms with van der Waals surface area (Å²) < 4.78 is 0. The molecular formula is C16H17NO2. The van der Waals surface area contributed by atoms with Crippen molar-refractivity contribution in [2.75, 3.05) is 0 Å². The molecule has 3 nitrogen and oxygen atoms in total. The molecule has 0 atom stereocenters. The topological polar surface area (TPSA) is 41.8 Å². The highest BCUT2D eigenvalue weighted by molar-refractivity contribution is 5.86. The van der Waals surface area contributed by atoms with E-state index in [1.165, 1.54) is 5.56 Å². The second-order valence-corrected chi connectivity index (χ2v) is 4.63. The maximum Gasteiger partial charge on any atom is 0.173 e. The molecule has 1 N–H and O–H groups in total. The zero-order chi connectivity index (χ0) is 13.8. The molecule has 0 fully saturated rings. The van der Waals surface area contributed by atoms with Crippen LogP contribution in [0.2, 0.25) is 0 Å². The van der Waals surface area contributed by atoms with Gasteiger partial charge >= 0.3 is 0 Å². The minimum atomic E-state index is 0.397. The van der Waals surface area contributed by atoms with Gasteiger partial charge in [0, 0.05) is 11.8 Å². The van der Waals surface area contributed by atoms with E-state index in [1.807, 2.05) is 26.0 Å². The Balaban J connectivity index is 2.38. The van der Waals surface area contributed by atoms with Gasteiger partial charge in [0.05, 0.1) is 5.69 Å². The van der Waals surface area contributed by atoms with Crippen molar-refractivity contribution in [1.29, 1.82) is 0 Å². The molecule has 0 aromatic heterocycles. The number of aryl methyl sites for hydroxylation is 3. The average molecular weight is 255 g/mol. The van der Waals surface area contributed by atoms with Crippen LogP contribution in [-0.2, 0) is 0 Å². The van der Waals surface area contributed by atoms with E-state index in [1.54, 1.807) is 18.3 Å². The molecule has 0 aliphatic heterocycles. The molecule has 0 saturated heterocycles. The maximum absolute atomic E-state index is 8.80. The van der Waals surface area contributed by atoms with Gasteiger partial charge in [0.1, 0.15) is 0 Å². The van der Waals surface area contributed by atoms with Gasteiger partial charge in [-0.15, -0.1) is 0 Å². The number of aliphatic imine (C=N–C) groups is 1. The molecule has 0 saturated carbocycles. The summed E-state index contributed by atoms with van der Waals surface area (Å²) in [4.78, 5) is 8.83. The van der Waals surface area contributed by atoms with Crippen molar-refractivity contribution in [3.8, 4) is 5.75 Å². The molecule has 0 radical (unpaired) electrons. The molecule has 0 amide bonds. The Morgan fingerprint density at radius 1 is 1.05 bits per heavy atom. The summed E-state index contributed by atoms with van der Waals surface area (Å²) in [6.45, 7) is 6.16. The van der Waals surface area contributed by atoms with Gasteiger partial charge in [-0.1, -0.05) is 29.8 Å². The highest BCUT2D eigenvalue weighted by atomic mass is 17.1. The predicted molar refractivity (Wildman–Crippen MR) is 77.6 cm³/mol. The molecule has 2 aromatic rings. The van der Waals surface area contributed by atoms with E-state index in [4.69, 9.17) is 5.26 Å². The van der Waals surface area contributed by atoms with Crippen molar-refractivity contribution in [3.63, 3.8) is 0 Å². The minimum absolute atomic E-state index is 0.397. The minimum Gasteiger partial charge on any atom is -0.340 e. The SMILES string of the molecule is Cc1cc(C)c(N=Cc2ccccc2OO)c(C)c1. The largest absolute Gasteiger partial charge is 0.340 e. The van der Waals surface area contributed by atoms with Crippen LogP contribution in [0.5, 0.6) is 5.75 Å². The summed E-state index contributed by atoms with van der Waals surface area (Å²) in [5.74, 6) is 0.397. The van der Waals surface area contributed by atoms with Gasteiger partial charge in [-0.05, 0) is 44.0 Å². The van der Waals surface area contributed by atoms with Gasteiger partial charge in [0.2, 0.25) is 0 Å². The first-order valence-corrected chi connectivity index (χ1v) is 6.14.